The lowest BCUT2D eigenvalue weighted by molar-refractivity contribution is -0.137. The first-order chi connectivity index (χ1) is 18.6. The van der Waals surface area contributed by atoms with Crippen molar-refractivity contribution >= 4 is 33.6 Å². The molecule has 9 nitrogen and oxygen atoms in total. The number of fused-ring (bicyclic) bond motifs is 3. The molecular weight excluding hydrogens is 511 g/mol. The molecule has 0 aliphatic carbocycles. The number of anilines is 2. The molecule has 1 aliphatic heterocycles. The van der Waals surface area contributed by atoms with E-state index in [-0.39, 0.29) is 23.2 Å². The van der Waals surface area contributed by atoms with Gasteiger partial charge in [-0.1, -0.05) is 6.07 Å². The highest BCUT2D eigenvalue weighted by Gasteiger charge is 2.34. The van der Waals surface area contributed by atoms with Crippen molar-refractivity contribution in [1.29, 1.82) is 0 Å². The molecule has 0 amide bonds. The van der Waals surface area contributed by atoms with Gasteiger partial charge in [-0.2, -0.15) is 13.2 Å². The number of hydrogen-bond acceptors (Lipinski definition) is 7. The Hall–Kier alpha value is -4.45. The van der Waals surface area contributed by atoms with Crippen LogP contribution >= 0.6 is 0 Å². The van der Waals surface area contributed by atoms with E-state index in [4.69, 9.17) is 0 Å². The number of β-amino-alcohol motifs (C(OH)–C–C–N with tert-alkyl or cyclic N) is 1. The monoisotopic (exact) mass is 535 g/mol. The molecule has 1 aliphatic rings. The highest BCUT2D eigenvalue weighted by molar-refractivity contribution is 6.04. The Labute approximate surface area is 220 Å². The van der Waals surface area contributed by atoms with E-state index in [0.29, 0.717) is 57.8 Å². The van der Waals surface area contributed by atoms with Crippen molar-refractivity contribution in [2.24, 2.45) is 7.05 Å². The van der Waals surface area contributed by atoms with Crippen LogP contribution in [-0.2, 0) is 13.2 Å². The summed E-state index contributed by atoms with van der Waals surface area (Å²) in [6.45, 7) is 2.81. The average Bonchev–Trinajstić information content (AvgIpc) is 3.15. The Balaban J connectivity index is 1.56. The fraction of sp³-hybridized carbons (Fsp3) is 0.259. The summed E-state index contributed by atoms with van der Waals surface area (Å²) in [7, 11) is 3.04. The third kappa shape index (κ3) is 3.98. The second-order valence-electron chi connectivity index (χ2n) is 9.60. The molecule has 39 heavy (non-hydrogen) atoms. The van der Waals surface area contributed by atoms with Crippen molar-refractivity contribution in [3.63, 3.8) is 0 Å². The largest absolute Gasteiger partial charge is 0.419 e. The van der Waals surface area contributed by atoms with Crippen LogP contribution < -0.4 is 15.9 Å². The molecule has 0 atom stereocenters. The molecule has 1 fully saturated rings. The lowest BCUT2D eigenvalue weighted by Crippen LogP contribution is -2.51. The third-order valence-corrected chi connectivity index (χ3v) is 7.12. The van der Waals surface area contributed by atoms with Crippen molar-refractivity contribution in [2.45, 2.75) is 19.2 Å². The molecule has 5 heterocycles. The second-order valence-corrected chi connectivity index (χ2v) is 9.60. The van der Waals surface area contributed by atoms with Crippen LogP contribution in [0.2, 0.25) is 0 Å². The fourth-order valence-electron chi connectivity index (χ4n) is 5.03. The van der Waals surface area contributed by atoms with Gasteiger partial charge in [0.1, 0.15) is 11.6 Å². The SMILES string of the molecule is CNc1ncc(-c2ccc3ncc4c(c3c2)n(-c2ccc(N3CC(O)C3)nc2C)c(=O)n4C)cc1C(F)(F)F. The molecule has 1 saturated heterocycles. The number of rotatable bonds is 4. The van der Waals surface area contributed by atoms with E-state index in [0.717, 1.165) is 6.07 Å². The minimum Gasteiger partial charge on any atom is -0.389 e. The highest BCUT2D eigenvalue weighted by atomic mass is 19.4. The van der Waals surface area contributed by atoms with Gasteiger partial charge in [-0.25, -0.2) is 14.8 Å². The van der Waals surface area contributed by atoms with Crippen LogP contribution in [0.1, 0.15) is 11.3 Å². The third-order valence-electron chi connectivity index (χ3n) is 7.12. The maximum Gasteiger partial charge on any atom is 0.419 e. The number of hydrogen-bond donors (Lipinski definition) is 2. The first kappa shape index (κ1) is 24.9. The average molecular weight is 536 g/mol. The summed E-state index contributed by atoms with van der Waals surface area (Å²) in [6, 6.07) is 9.82. The molecule has 6 rings (SSSR count). The number of aliphatic hydroxyl groups excluding tert-OH is 1. The van der Waals surface area contributed by atoms with Crippen LogP contribution in [0, 0.1) is 6.92 Å². The summed E-state index contributed by atoms with van der Waals surface area (Å²) >= 11 is 0. The number of halogens is 3. The van der Waals surface area contributed by atoms with Gasteiger partial charge in [-0.05, 0) is 42.8 Å². The van der Waals surface area contributed by atoms with Gasteiger partial charge in [0.25, 0.3) is 0 Å². The first-order valence-corrected chi connectivity index (χ1v) is 12.2. The molecule has 5 aromatic rings. The number of pyridine rings is 3. The number of aliphatic hydroxyl groups is 1. The number of imidazole rings is 1. The number of alkyl halides is 3. The van der Waals surface area contributed by atoms with Gasteiger partial charge in [0.05, 0.1) is 45.8 Å². The lowest BCUT2D eigenvalue weighted by Gasteiger charge is -2.37. The van der Waals surface area contributed by atoms with Crippen molar-refractivity contribution in [2.75, 3.05) is 30.4 Å². The maximum absolute atomic E-state index is 13.7. The summed E-state index contributed by atoms with van der Waals surface area (Å²) in [5, 5.41) is 12.7. The maximum atomic E-state index is 13.7. The van der Waals surface area contributed by atoms with Crippen molar-refractivity contribution in [1.82, 2.24) is 24.1 Å². The number of benzene rings is 1. The molecule has 0 saturated carbocycles. The molecule has 4 aromatic heterocycles. The predicted molar refractivity (Wildman–Crippen MR) is 142 cm³/mol. The highest BCUT2D eigenvalue weighted by Crippen LogP contribution is 2.37. The van der Waals surface area contributed by atoms with Gasteiger partial charge in [-0.15, -0.1) is 0 Å². The molecule has 0 unspecified atom stereocenters. The second kappa shape index (κ2) is 8.80. The van der Waals surface area contributed by atoms with Crippen molar-refractivity contribution in [3.05, 3.63) is 70.5 Å². The van der Waals surface area contributed by atoms with E-state index < -0.39 is 11.7 Å². The zero-order valence-electron chi connectivity index (χ0n) is 21.3. The minimum atomic E-state index is -4.59. The molecule has 200 valence electrons. The molecule has 2 N–H and O–H groups in total. The van der Waals surface area contributed by atoms with Crippen molar-refractivity contribution in [3.8, 4) is 16.8 Å². The van der Waals surface area contributed by atoms with Crippen LogP contribution in [-0.4, -0.2) is 55.4 Å². The van der Waals surface area contributed by atoms with Crippen LogP contribution in [0.3, 0.4) is 0 Å². The molecular formula is C27H24F3N7O2. The summed E-state index contributed by atoms with van der Waals surface area (Å²) in [5.74, 6) is 0.453. The standard InChI is InChI=1S/C27H24F3N7O2/c1-14-21(6-7-23(34-14)36-12-17(38)13-36)37-24-18-8-15(4-5-20(18)32-11-22(24)35(3)26(37)39)16-9-19(27(28,29)30)25(31-2)33-10-16/h4-11,17,38H,12-13H2,1-3H3,(H,31,33). The predicted octanol–water partition coefficient (Wildman–Crippen LogP) is 3.88. The van der Waals surface area contributed by atoms with E-state index in [9.17, 15) is 23.1 Å². The van der Waals surface area contributed by atoms with Gasteiger partial charge in [0.2, 0.25) is 0 Å². The van der Waals surface area contributed by atoms with Crippen LogP contribution in [0.15, 0.2) is 53.6 Å². The van der Waals surface area contributed by atoms with E-state index in [1.54, 1.807) is 36.0 Å². The number of aromatic nitrogens is 5. The van der Waals surface area contributed by atoms with Crippen LogP contribution in [0.4, 0.5) is 24.8 Å². The summed E-state index contributed by atoms with van der Waals surface area (Å²) in [6.07, 6.45) is -1.97. The van der Waals surface area contributed by atoms with Gasteiger partial charge < -0.3 is 15.3 Å². The summed E-state index contributed by atoms with van der Waals surface area (Å²) in [4.78, 5) is 28.6. The topological polar surface area (TPSA) is 101 Å². The van der Waals surface area contributed by atoms with Gasteiger partial charge in [0.15, 0.2) is 0 Å². The molecule has 12 heteroatoms. The summed E-state index contributed by atoms with van der Waals surface area (Å²) < 4.78 is 44.1. The zero-order chi connectivity index (χ0) is 27.6. The Bertz CT molecular complexity index is 1820. The fourth-order valence-corrected chi connectivity index (χ4v) is 5.03. The van der Waals surface area contributed by atoms with E-state index in [2.05, 4.69) is 20.3 Å². The summed E-state index contributed by atoms with van der Waals surface area (Å²) in [5.41, 5.74) is 2.53. The zero-order valence-corrected chi connectivity index (χ0v) is 21.3. The van der Waals surface area contributed by atoms with Crippen LogP contribution in [0.25, 0.3) is 38.8 Å². The Morgan fingerprint density at radius 3 is 2.49 bits per heavy atom. The Kier molecular flexibility index (Phi) is 5.61. The smallest absolute Gasteiger partial charge is 0.389 e. The normalized spacial score (nSPS) is 14.3. The first-order valence-electron chi connectivity index (χ1n) is 12.2. The molecule has 1 aromatic carbocycles. The molecule has 0 radical (unpaired) electrons. The van der Waals surface area contributed by atoms with Gasteiger partial charge in [0, 0.05) is 44.3 Å². The number of nitrogens with zero attached hydrogens (tertiary/aromatic N) is 6. The quantitative estimate of drug-likeness (QED) is 0.360. The van der Waals surface area contributed by atoms with E-state index in [1.165, 1.54) is 17.8 Å². The Morgan fingerprint density at radius 2 is 1.82 bits per heavy atom. The van der Waals surface area contributed by atoms with Gasteiger partial charge in [-0.3, -0.25) is 14.1 Å². The lowest BCUT2D eigenvalue weighted by atomic mass is 10.0. The molecule has 0 spiro atoms. The minimum absolute atomic E-state index is 0.257. The Morgan fingerprint density at radius 1 is 1.05 bits per heavy atom. The van der Waals surface area contributed by atoms with E-state index >= 15 is 0 Å². The number of nitrogens with one attached hydrogen (secondary N) is 1. The van der Waals surface area contributed by atoms with E-state index in [1.807, 2.05) is 24.0 Å². The molecule has 0 bridgehead atoms. The van der Waals surface area contributed by atoms with Crippen molar-refractivity contribution < 1.29 is 18.3 Å². The number of aryl methyl sites for hydroxylation is 2. The van der Waals surface area contributed by atoms with Gasteiger partial charge >= 0.3 is 11.9 Å². The van der Waals surface area contributed by atoms with Crippen LogP contribution in [0.5, 0.6) is 0 Å².